The maximum absolute atomic E-state index is 11.6. The lowest BCUT2D eigenvalue weighted by Gasteiger charge is -2.14. The van der Waals surface area contributed by atoms with Crippen LogP contribution in [0.15, 0.2) is 6.07 Å². The third-order valence-electron chi connectivity index (χ3n) is 1.94. The summed E-state index contributed by atoms with van der Waals surface area (Å²) in [4.78, 5) is 11.6. The zero-order valence-electron chi connectivity index (χ0n) is 8.97. The molecule has 0 unspecified atom stereocenters. The minimum Gasteiger partial charge on any atom is -0.494 e. The minimum atomic E-state index is -0.627. The quantitative estimate of drug-likeness (QED) is 0.788. The Morgan fingerprint density at radius 1 is 1.06 bits per heavy atom. The zero-order valence-corrected chi connectivity index (χ0v) is 10.5. The van der Waals surface area contributed by atoms with Gasteiger partial charge < -0.3 is 14.2 Å². The van der Waals surface area contributed by atoms with Gasteiger partial charge in [0.1, 0.15) is 5.56 Å². The van der Waals surface area contributed by atoms with Crippen LogP contribution in [0.4, 0.5) is 0 Å². The van der Waals surface area contributed by atoms with Crippen molar-refractivity contribution in [1.82, 2.24) is 0 Å². The van der Waals surface area contributed by atoms with E-state index in [2.05, 4.69) is 4.74 Å². The van der Waals surface area contributed by atoms with E-state index >= 15 is 0 Å². The molecule has 0 saturated carbocycles. The molecule has 0 saturated heterocycles. The maximum atomic E-state index is 11.6. The van der Waals surface area contributed by atoms with Crippen molar-refractivity contribution in [2.24, 2.45) is 0 Å². The highest BCUT2D eigenvalue weighted by atomic mass is 35.5. The third-order valence-corrected chi connectivity index (χ3v) is 2.50. The number of carbonyl (C=O) groups is 1. The molecule has 6 heteroatoms. The molecule has 1 aromatic rings. The second-order valence-corrected chi connectivity index (χ2v) is 3.59. The van der Waals surface area contributed by atoms with Crippen LogP contribution in [0, 0.1) is 0 Å². The van der Waals surface area contributed by atoms with Crippen LogP contribution in [-0.2, 0) is 4.74 Å². The van der Waals surface area contributed by atoms with Gasteiger partial charge in [0, 0.05) is 0 Å². The van der Waals surface area contributed by atoms with E-state index in [-0.39, 0.29) is 27.1 Å². The lowest BCUT2D eigenvalue weighted by molar-refractivity contribution is 0.0593. The Morgan fingerprint density at radius 3 is 1.81 bits per heavy atom. The first-order valence-electron chi connectivity index (χ1n) is 4.25. The Hall–Kier alpha value is -1.13. The van der Waals surface area contributed by atoms with Crippen molar-refractivity contribution in [2.75, 3.05) is 21.3 Å². The third kappa shape index (κ3) is 2.18. The highest BCUT2D eigenvalue weighted by Crippen LogP contribution is 2.41. The van der Waals surface area contributed by atoms with Gasteiger partial charge in [-0.3, -0.25) is 0 Å². The van der Waals surface area contributed by atoms with Gasteiger partial charge in [0.05, 0.1) is 31.4 Å². The molecule has 0 radical (unpaired) electrons. The van der Waals surface area contributed by atoms with Crippen LogP contribution in [0.5, 0.6) is 11.5 Å². The first-order chi connectivity index (χ1) is 7.56. The molecule has 88 valence electrons. The van der Waals surface area contributed by atoms with Crippen molar-refractivity contribution >= 4 is 29.2 Å². The van der Waals surface area contributed by atoms with Gasteiger partial charge in [0.25, 0.3) is 0 Å². The van der Waals surface area contributed by atoms with Gasteiger partial charge >= 0.3 is 5.97 Å². The molecule has 0 N–H and O–H groups in total. The fraction of sp³-hybridized carbons (Fsp3) is 0.300. The number of ether oxygens (including phenoxy) is 3. The molecule has 0 aliphatic carbocycles. The van der Waals surface area contributed by atoms with Crippen LogP contribution in [0.3, 0.4) is 0 Å². The van der Waals surface area contributed by atoms with Crippen LogP contribution in [0.2, 0.25) is 10.0 Å². The average molecular weight is 265 g/mol. The summed E-state index contributed by atoms with van der Waals surface area (Å²) in [5.74, 6) is -0.275. The van der Waals surface area contributed by atoms with Gasteiger partial charge in [-0.2, -0.15) is 0 Å². The van der Waals surface area contributed by atoms with Gasteiger partial charge in [-0.05, 0) is 6.07 Å². The standard InChI is InChI=1S/C10H10Cl2O4/c1-14-8-5(11)4-6(12)9(15-2)7(8)10(13)16-3/h4H,1-3H3. The van der Waals surface area contributed by atoms with Crippen LogP contribution >= 0.6 is 23.2 Å². The Bertz CT molecular complexity index is 390. The van der Waals surface area contributed by atoms with Crippen molar-refractivity contribution in [1.29, 1.82) is 0 Å². The largest absolute Gasteiger partial charge is 0.494 e. The van der Waals surface area contributed by atoms with E-state index in [1.807, 2.05) is 0 Å². The predicted molar refractivity (Wildman–Crippen MR) is 60.9 cm³/mol. The molecule has 4 nitrogen and oxygen atoms in total. The molecule has 0 fully saturated rings. The van der Waals surface area contributed by atoms with Crippen LogP contribution < -0.4 is 9.47 Å². The summed E-state index contributed by atoms with van der Waals surface area (Å²) in [5.41, 5.74) is 0.0741. The van der Waals surface area contributed by atoms with E-state index in [0.717, 1.165) is 0 Å². The number of hydrogen-bond acceptors (Lipinski definition) is 4. The van der Waals surface area contributed by atoms with E-state index in [1.54, 1.807) is 0 Å². The van der Waals surface area contributed by atoms with Crippen LogP contribution in [-0.4, -0.2) is 27.3 Å². The van der Waals surface area contributed by atoms with E-state index in [4.69, 9.17) is 32.7 Å². The average Bonchev–Trinajstić information content (AvgIpc) is 2.27. The first kappa shape index (κ1) is 12.9. The fourth-order valence-corrected chi connectivity index (χ4v) is 1.89. The summed E-state index contributed by atoms with van der Waals surface area (Å²) in [6, 6.07) is 1.44. The molecule has 0 amide bonds. The maximum Gasteiger partial charge on any atom is 0.345 e. The summed E-state index contributed by atoms with van der Waals surface area (Å²) >= 11 is 11.8. The summed E-state index contributed by atoms with van der Waals surface area (Å²) in [7, 11) is 4.03. The Labute approximate surface area is 103 Å². The van der Waals surface area contributed by atoms with Gasteiger partial charge in [0.15, 0.2) is 11.5 Å². The molecule has 0 atom stereocenters. The molecule has 0 spiro atoms. The summed E-state index contributed by atoms with van der Waals surface area (Å²) < 4.78 is 14.7. The van der Waals surface area contributed by atoms with Gasteiger partial charge in [-0.25, -0.2) is 4.79 Å². The fourth-order valence-electron chi connectivity index (χ4n) is 1.27. The van der Waals surface area contributed by atoms with Crippen LogP contribution in [0.1, 0.15) is 10.4 Å². The summed E-state index contributed by atoms with van der Waals surface area (Å²) in [6.45, 7) is 0. The zero-order chi connectivity index (χ0) is 12.3. The molecule has 1 rings (SSSR count). The Morgan fingerprint density at radius 2 is 1.50 bits per heavy atom. The van der Waals surface area contributed by atoms with E-state index in [9.17, 15) is 4.79 Å². The normalized spacial score (nSPS) is 9.81. The van der Waals surface area contributed by atoms with Crippen LogP contribution in [0.25, 0.3) is 0 Å². The van der Waals surface area contributed by atoms with E-state index in [1.165, 1.54) is 27.4 Å². The molecule has 0 bridgehead atoms. The van der Waals surface area contributed by atoms with Crippen molar-refractivity contribution in [3.8, 4) is 11.5 Å². The highest BCUT2D eigenvalue weighted by Gasteiger charge is 2.24. The number of carbonyl (C=O) groups excluding carboxylic acids is 1. The molecular weight excluding hydrogens is 255 g/mol. The molecule has 16 heavy (non-hydrogen) atoms. The molecule has 0 aliphatic heterocycles. The van der Waals surface area contributed by atoms with Gasteiger partial charge in [-0.1, -0.05) is 23.2 Å². The van der Waals surface area contributed by atoms with Crippen molar-refractivity contribution < 1.29 is 19.0 Å². The van der Waals surface area contributed by atoms with Gasteiger partial charge in [-0.15, -0.1) is 0 Å². The monoisotopic (exact) mass is 264 g/mol. The number of benzene rings is 1. The van der Waals surface area contributed by atoms with E-state index in [0.29, 0.717) is 0 Å². The molecular formula is C10H10Cl2O4. The van der Waals surface area contributed by atoms with Crippen molar-refractivity contribution in [3.05, 3.63) is 21.7 Å². The second-order valence-electron chi connectivity index (χ2n) is 2.77. The summed E-state index contributed by atoms with van der Waals surface area (Å²) in [6.07, 6.45) is 0. The smallest absolute Gasteiger partial charge is 0.345 e. The molecule has 1 aromatic carbocycles. The highest BCUT2D eigenvalue weighted by molar-refractivity contribution is 6.37. The number of esters is 1. The number of rotatable bonds is 3. The van der Waals surface area contributed by atoms with Crippen molar-refractivity contribution in [2.45, 2.75) is 0 Å². The molecule has 0 aliphatic rings. The number of hydrogen-bond donors (Lipinski definition) is 0. The molecule has 0 heterocycles. The first-order valence-corrected chi connectivity index (χ1v) is 5.00. The minimum absolute atomic E-state index is 0.0741. The Balaban J connectivity index is 3.55. The SMILES string of the molecule is COC(=O)c1c(OC)c(Cl)cc(Cl)c1OC. The topological polar surface area (TPSA) is 44.8 Å². The van der Waals surface area contributed by atoms with E-state index < -0.39 is 5.97 Å². The lowest BCUT2D eigenvalue weighted by atomic mass is 10.1. The number of halogens is 2. The van der Waals surface area contributed by atoms with Gasteiger partial charge in [0.2, 0.25) is 0 Å². The predicted octanol–water partition coefficient (Wildman–Crippen LogP) is 2.80. The Kier molecular flexibility index (Phi) is 4.26. The lowest BCUT2D eigenvalue weighted by Crippen LogP contribution is -2.07. The summed E-state index contributed by atoms with van der Waals surface area (Å²) in [5, 5.41) is 0.433. The molecule has 0 aromatic heterocycles. The van der Waals surface area contributed by atoms with Crippen molar-refractivity contribution in [3.63, 3.8) is 0 Å². The second kappa shape index (κ2) is 5.27. The number of methoxy groups -OCH3 is 3.